The van der Waals surface area contributed by atoms with Crippen molar-refractivity contribution < 1.29 is 24.9 Å². The van der Waals surface area contributed by atoms with Crippen LogP contribution < -0.4 is 0 Å². The highest BCUT2D eigenvalue weighted by atomic mass is 16.6. The molecule has 0 aliphatic carbocycles. The third-order valence-corrected chi connectivity index (χ3v) is 1.74. The Labute approximate surface area is 68.9 Å². The molecular weight excluding hydrogens is 164 g/mol. The predicted molar refractivity (Wildman–Crippen MR) is 38.4 cm³/mol. The highest BCUT2D eigenvalue weighted by Crippen LogP contribution is 2.24. The Morgan fingerprint density at radius 1 is 1.58 bits per heavy atom. The summed E-state index contributed by atoms with van der Waals surface area (Å²) in [6, 6.07) is 0. The van der Waals surface area contributed by atoms with Crippen molar-refractivity contribution in [2.24, 2.45) is 5.92 Å². The van der Waals surface area contributed by atoms with Gasteiger partial charge in [0.15, 0.2) is 11.9 Å². The van der Waals surface area contributed by atoms with E-state index in [2.05, 4.69) is 4.74 Å². The molecule has 0 saturated heterocycles. The average molecular weight is 174 g/mol. The molecule has 0 aromatic carbocycles. The van der Waals surface area contributed by atoms with E-state index in [1.807, 2.05) is 0 Å². The largest absolute Gasteiger partial charge is 0.505 e. The van der Waals surface area contributed by atoms with Gasteiger partial charge < -0.3 is 20.1 Å². The molecule has 0 unspecified atom stereocenters. The van der Waals surface area contributed by atoms with E-state index in [4.69, 9.17) is 15.3 Å². The number of esters is 1. The van der Waals surface area contributed by atoms with Gasteiger partial charge in [-0.05, 0) is 0 Å². The van der Waals surface area contributed by atoms with Gasteiger partial charge >= 0.3 is 5.97 Å². The van der Waals surface area contributed by atoms with E-state index in [0.717, 1.165) is 0 Å². The molecule has 1 aliphatic heterocycles. The van der Waals surface area contributed by atoms with Crippen LogP contribution in [-0.4, -0.2) is 34.0 Å². The van der Waals surface area contributed by atoms with Gasteiger partial charge in [0, 0.05) is 12.5 Å². The normalized spacial score (nSPS) is 25.8. The van der Waals surface area contributed by atoms with E-state index in [-0.39, 0.29) is 6.61 Å². The first kappa shape index (κ1) is 8.86. The van der Waals surface area contributed by atoms with Crippen LogP contribution in [0.25, 0.3) is 0 Å². The fourth-order valence-electron chi connectivity index (χ4n) is 0.948. The van der Waals surface area contributed by atoms with Crippen molar-refractivity contribution in [1.82, 2.24) is 0 Å². The molecule has 12 heavy (non-hydrogen) atoms. The Morgan fingerprint density at radius 3 is 2.50 bits per heavy atom. The molecule has 0 radical (unpaired) electrons. The summed E-state index contributed by atoms with van der Waals surface area (Å²) in [4.78, 5) is 10.6. The number of carbonyl (C=O) groups excluding carboxylic acids is 1. The van der Waals surface area contributed by atoms with E-state index in [9.17, 15) is 4.79 Å². The maximum atomic E-state index is 10.6. The van der Waals surface area contributed by atoms with Crippen molar-refractivity contribution in [1.29, 1.82) is 0 Å². The van der Waals surface area contributed by atoms with Crippen LogP contribution in [0.2, 0.25) is 0 Å². The summed E-state index contributed by atoms with van der Waals surface area (Å²) in [5.74, 6) is -2.63. The molecule has 0 saturated carbocycles. The summed E-state index contributed by atoms with van der Waals surface area (Å²) in [5.41, 5.74) is 0. The second-order valence-corrected chi connectivity index (χ2v) is 2.72. The molecular formula is C7H10O5. The second kappa shape index (κ2) is 3.02. The van der Waals surface area contributed by atoms with E-state index < -0.39 is 29.5 Å². The number of aliphatic hydroxyl groups is 3. The van der Waals surface area contributed by atoms with E-state index in [1.54, 1.807) is 6.92 Å². The first-order valence-corrected chi connectivity index (χ1v) is 3.51. The Bertz CT molecular complexity index is 232. The molecule has 2 atom stereocenters. The minimum absolute atomic E-state index is 0.227. The van der Waals surface area contributed by atoms with Gasteiger partial charge in [0.2, 0.25) is 5.76 Å². The summed E-state index contributed by atoms with van der Waals surface area (Å²) in [7, 11) is 0. The number of ether oxygens (including phenoxy) is 1. The lowest BCUT2D eigenvalue weighted by Gasteiger charge is -2.14. The highest BCUT2D eigenvalue weighted by Gasteiger charge is 2.37. The Morgan fingerprint density at radius 2 is 2.17 bits per heavy atom. The molecule has 68 valence electrons. The molecule has 1 rings (SSSR count). The number of cyclic esters (lactones) is 1. The van der Waals surface area contributed by atoms with Crippen LogP contribution in [0.3, 0.4) is 0 Å². The van der Waals surface area contributed by atoms with Gasteiger partial charge in [-0.3, -0.25) is 0 Å². The summed E-state index contributed by atoms with van der Waals surface area (Å²) in [5, 5.41) is 26.6. The topological polar surface area (TPSA) is 87.0 Å². The number of rotatable bonds is 2. The summed E-state index contributed by atoms with van der Waals surface area (Å²) >= 11 is 0. The lowest BCUT2D eigenvalue weighted by Crippen LogP contribution is -2.23. The molecule has 1 aliphatic rings. The number of hydrogen-bond donors (Lipinski definition) is 3. The van der Waals surface area contributed by atoms with Crippen LogP contribution in [0, 0.1) is 5.92 Å². The summed E-state index contributed by atoms with van der Waals surface area (Å²) < 4.78 is 4.57. The zero-order valence-electron chi connectivity index (χ0n) is 6.52. The lowest BCUT2D eigenvalue weighted by molar-refractivity contribution is -0.144. The van der Waals surface area contributed by atoms with Crippen LogP contribution in [0.5, 0.6) is 0 Å². The van der Waals surface area contributed by atoms with Crippen molar-refractivity contribution in [3.8, 4) is 0 Å². The molecule has 3 N–H and O–H groups in total. The second-order valence-electron chi connectivity index (χ2n) is 2.72. The fraction of sp³-hybridized carbons (Fsp3) is 0.571. The van der Waals surface area contributed by atoms with Crippen LogP contribution in [0.1, 0.15) is 6.92 Å². The molecule has 5 nitrogen and oxygen atoms in total. The molecule has 5 heteroatoms. The SMILES string of the molecule is C[C@@H](CO)[C@H]1OC(=O)C(O)=C1O. The predicted octanol–water partition coefficient (Wildman–Crippen LogP) is -0.132. The number of aliphatic hydroxyl groups excluding tert-OH is 3. The van der Waals surface area contributed by atoms with Gasteiger partial charge in [0.25, 0.3) is 0 Å². The lowest BCUT2D eigenvalue weighted by atomic mass is 10.1. The minimum atomic E-state index is -0.946. The molecule has 0 fully saturated rings. The monoisotopic (exact) mass is 174 g/mol. The van der Waals surface area contributed by atoms with Crippen molar-refractivity contribution in [3.63, 3.8) is 0 Å². The maximum absolute atomic E-state index is 10.6. The van der Waals surface area contributed by atoms with E-state index in [0.29, 0.717) is 0 Å². The smallest absolute Gasteiger partial charge is 0.377 e. The summed E-state index contributed by atoms with van der Waals surface area (Å²) in [6.07, 6.45) is -0.914. The Kier molecular flexibility index (Phi) is 2.23. The van der Waals surface area contributed by atoms with Crippen LogP contribution in [0.15, 0.2) is 11.5 Å². The van der Waals surface area contributed by atoms with Crippen molar-refractivity contribution in [3.05, 3.63) is 11.5 Å². The quantitative estimate of drug-likeness (QED) is 0.507. The van der Waals surface area contributed by atoms with Gasteiger partial charge in [0.1, 0.15) is 0 Å². The third-order valence-electron chi connectivity index (χ3n) is 1.74. The van der Waals surface area contributed by atoms with Crippen LogP contribution in [0.4, 0.5) is 0 Å². The molecule has 0 aromatic rings. The van der Waals surface area contributed by atoms with Gasteiger partial charge in [0.05, 0.1) is 0 Å². The number of hydrogen-bond acceptors (Lipinski definition) is 5. The van der Waals surface area contributed by atoms with Crippen molar-refractivity contribution >= 4 is 5.97 Å². The fourth-order valence-corrected chi connectivity index (χ4v) is 0.948. The van der Waals surface area contributed by atoms with E-state index >= 15 is 0 Å². The first-order chi connectivity index (χ1) is 5.57. The molecule has 0 bridgehead atoms. The Balaban J connectivity index is 2.80. The highest BCUT2D eigenvalue weighted by molar-refractivity contribution is 5.89. The first-order valence-electron chi connectivity index (χ1n) is 3.51. The molecule has 0 aromatic heterocycles. The van der Waals surface area contributed by atoms with Crippen molar-refractivity contribution in [2.75, 3.05) is 6.61 Å². The average Bonchev–Trinajstić information content (AvgIpc) is 2.32. The van der Waals surface area contributed by atoms with Gasteiger partial charge in [-0.1, -0.05) is 6.92 Å². The zero-order chi connectivity index (χ0) is 9.30. The van der Waals surface area contributed by atoms with Gasteiger partial charge in [-0.25, -0.2) is 4.79 Å². The van der Waals surface area contributed by atoms with Crippen LogP contribution >= 0.6 is 0 Å². The molecule has 0 amide bonds. The standard InChI is InChI=1S/C7H10O5/c1-3(2-8)6-4(9)5(10)7(11)12-6/h3,6,8-10H,2H2,1H3/t3-,6+/m0/s1. The maximum Gasteiger partial charge on any atom is 0.377 e. The van der Waals surface area contributed by atoms with Gasteiger partial charge in [-0.2, -0.15) is 0 Å². The van der Waals surface area contributed by atoms with Crippen LogP contribution in [-0.2, 0) is 9.53 Å². The minimum Gasteiger partial charge on any atom is -0.505 e. The van der Waals surface area contributed by atoms with Crippen molar-refractivity contribution in [2.45, 2.75) is 13.0 Å². The molecule has 0 spiro atoms. The zero-order valence-corrected chi connectivity index (χ0v) is 6.52. The van der Waals surface area contributed by atoms with Gasteiger partial charge in [-0.15, -0.1) is 0 Å². The summed E-state index contributed by atoms with van der Waals surface area (Å²) in [6.45, 7) is 1.36. The molecule has 1 heterocycles. The van der Waals surface area contributed by atoms with E-state index in [1.165, 1.54) is 0 Å². The third kappa shape index (κ3) is 1.23. The Hall–Kier alpha value is -1.23. The number of carbonyl (C=O) groups is 1.